The highest BCUT2D eigenvalue weighted by molar-refractivity contribution is 5.78. The van der Waals surface area contributed by atoms with Crippen LogP contribution in [-0.4, -0.2) is 25.5 Å². The van der Waals surface area contributed by atoms with Gasteiger partial charge in [-0.15, -0.1) is 0 Å². The van der Waals surface area contributed by atoms with Gasteiger partial charge in [-0.3, -0.25) is 4.79 Å². The van der Waals surface area contributed by atoms with Gasteiger partial charge in [-0.25, -0.2) is 0 Å². The molecule has 1 N–H and O–H groups in total. The summed E-state index contributed by atoms with van der Waals surface area (Å²) in [6.45, 7) is 5.30. The second kappa shape index (κ2) is 8.71. The van der Waals surface area contributed by atoms with Crippen molar-refractivity contribution >= 4 is 11.6 Å². The Bertz CT molecular complexity index is 421. The van der Waals surface area contributed by atoms with Gasteiger partial charge in [-0.2, -0.15) is 0 Å². The molecule has 2 rings (SSSR count). The summed E-state index contributed by atoms with van der Waals surface area (Å²) in [6, 6.07) is 8.50. The van der Waals surface area contributed by atoms with Crippen LogP contribution in [0.4, 0.5) is 5.69 Å². The first-order valence-corrected chi connectivity index (χ1v) is 8.40. The number of hydrogen-bond acceptors (Lipinski definition) is 2. The van der Waals surface area contributed by atoms with Crippen LogP contribution in [0.15, 0.2) is 24.3 Å². The largest absolute Gasteiger partial charge is 0.372 e. The molecule has 1 amide bonds. The quantitative estimate of drug-likeness (QED) is 0.779. The third kappa shape index (κ3) is 5.41. The van der Waals surface area contributed by atoms with E-state index in [0.29, 0.717) is 6.42 Å². The lowest BCUT2D eigenvalue weighted by Gasteiger charge is -2.28. The molecule has 116 valence electrons. The average Bonchev–Trinajstić information content (AvgIpc) is 2.53. The summed E-state index contributed by atoms with van der Waals surface area (Å²) in [5, 5.41) is 2.99. The van der Waals surface area contributed by atoms with Crippen LogP contribution in [0.1, 0.15) is 51.0 Å². The van der Waals surface area contributed by atoms with Crippen molar-refractivity contribution in [2.24, 2.45) is 0 Å². The van der Waals surface area contributed by atoms with Gasteiger partial charge < -0.3 is 10.2 Å². The predicted octanol–water partition coefficient (Wildman–Crippen LogP) is 3.53. The summed E-state index contributed by atoms with van der Waals surface area (Å²) >= 11 is 0. The van der Waals surface area contributed by atoms with Crippen molar-refractivity contribution in [3.05, 3.63) is 29.8 Å². The predicted molar refractivity (Wildman–Crippen MR) is 88.7 cm³/mol. The second-order valence-electron chi connectivity index (χ2n) is 5.95. The average molecular weight is 288 g/mol. The first kappa shape index (κ1) is 15.9. The van der Waals surface area contributed by atoms with Crippen molar-refractivity contribution in [3.63, 3.8) is 0 Å². The van der Waals surface area contributed by atoms with Crippen LogP contribution in [0.2, 0.25) is 0 Å². The van der Waals surface area contributed by atoms with E-state index in [2.05, 4.69) is 41.4 Å². The van der Waals surface area contributed by atoms with Crippen LogP contribution >= 0.6 is 0 Å². The van der Waals surface area contributed by atoms with Gasteiger partial charge in [-0.1, -0.05) is 31.9 Å². The Labute approximate surface area is 128 Å². The highest BCUT2D eigenvalue weighted by atomic mass is 16.1. The summed E-state index contributed by atoms with van der Waals surface area (Å²) < 4.78 is 0. The first-order valence-electron chi connectivity index (χ1n) is 8.40. The molecule has 1 heterocycles. The normalized spacial score (nSPS) is 15.0. The van der Waals surface area contributed by atoms with Crippen LogP contribution in [0.25, 0.3) is 0 Å². The molecule has 1 aliphatic heterocycles. The number of nitrogens with zero attached hydrogens (tertiary/aromatic N) is 1. The Morgan fingerprint density at radius 1 is 1.10 bits per heavy atom. The summed E-state index contributed by atoms with van der Waals surface area (Å²) in [6.07, 6.45) is 7.89. The molecule has 1 saturated heterocycles. The zero-order chi connectivity index (χ0) is 14.9. The number of piperidine rings is 1. The van der Waals surface area contributed by atoms with Crippen molar-refractivity contribution in [1.82, 2.24) is 5.32 Å². The van der Waals surface area contributed by atoms with E-state index >= 15 is 0 Å². The Morgan fingerprint density at radius 2 is 1.81 bits per heavy atom. The maximum Gasteiger partial charge on any atom is 0.224 e. The van der Waals surface area contributed by atoms with Crippen molar-refractivity contribution in [2.45, 2.75) is 51.9 Å². The zero-order valence-corrected chi connectivity index (χ0v) is 13.2. The molecule has 3 nitrogen and oxygen atoms in total. The smallest absolute Gasteiger partial charge is 0.224 e. The minimum absolute atomic E-state index is 0.136. The van der Waals surface area contributed by atoms with E-state index in [1.807, 2.05) is 0 Å². The monoisotopic (exact) mass is 288 g/mol. The van der Waals surface area contributed by atoms with E-state index < -0.39 is 0 Å². The Kier molecular flexibility index (Phi) is 6.58. The maximum absolute atomic E-state index is 11.8. The number of rotatable bonds is 7. The number of carbonyl (C=O) groups is 1. The van der Waals surface area contributed by atoms with Gasteiger partial charge in [-0.05, 0) is 43.4 Å². The molecule has 0 saturated carbocycles. The van der Waals surface area contributed by atoms with E-state index in [1.165, 1.54) is 37.8 Å². The molecule has 21 heavy (non-hydrogen) atoms. The fourth-order valence-corrected chi connectivity index (χ4v) is 2.83. The fraction of sp³-hybridized carbons (Fsp3) is 0.611. The molecule has 1 aromatic carbocycles. The van der Waals surface area contributed by atoms with Gasteiger partial charge in [0, 0.05) is 25.3 Å². The van der Waals surface area contributed by atoms with E-state index in [0.717, 1.165) is 31.6 Å². The topological polar surface area (TPSA) is 32.3 Å². The molecule has 1 fully saturated rings. The number of nitrogens with one attached hydrogen (secondary N) is 1. The molecule has 0 bridgehead atoms. The van der Waals surface area contributed by atoms with Crippen LogP contribution < -0.4 is 10.2 Å². The van der Waals surface area contributed by atoms with Crippen molar-refractivity contribution in [1.29, 1.82) is 0 Å². The van der Waals surface area contributed by atoms with Gasteiger partial charge in [0.15, 0.2) is 0 Å². The van der Waals surface area contributed by atoms with E-state index in [-0.39, 0.29) is 5.91 Å². The number of carbonyl (C=O) groups excluding carboxylic acids is 1. The number of unbranched alkanes of at least 4 members (excludes halogenated alkanes) is 2. The second-order valence-corrected chi connectivity index (χ2v) is 5.95. The summed E-state index contributed by atoms with van der Waals surface area (Å²) in [5.74, 6) is 0.136. The summed E-state index contributed by atoms with van der Waals surface area (Å²) in [7, 11) is 0. The van der Waals surface area contributed by atoms with Gasteiger partial charge in [0.05, 0.1) is 6.42 Å². The molecule has 0 aromatic heterocycles. The maximum atomic E-state index is 11.8. The van der Waals surface area contributed by atoms with Gasteiger partial charge >= 0.3 is 0 Å². The molecular weight excluding hydrogens is 260 g/mol. The minimum Gasteiger partial charge on any atom is -0.372 e. The third-order valence-electron chi connectivity index (χ3n) is 4.12. The first-order chi connectivity index (χ1) is 10.3. The minimum atomic E-state index is 0.136. The van der Waals surface area contributed by atoms with Crippen LogP contribution in [0.5, 0.6) is 0 Å². The van der Waals surface area contributed by atoms with Crippen molar-refractivity contribution < 1.29 is 4.79 Å². The van der Waals surface area contributed by atoms with E-state index in [4.69, 9.17) is 0 Å². The standard InChI is InChI=1S/C18H28N2O/c1-2-3-5-12-19-18(21)15-16-8-10-17(11-9-16)20-13-6-4-7-14-20/h8-11H,2-7,12-15H2,1H3,(H,19,21). The molecule has 1 aliphatic rings. The third-order valence-corrected chi connectivity index (χ3v) is 4.12. The van der Waals surface area contributed by atoms with Crippen LogP contribution in [0.3, 0.4) is 0 Å². The zero-order valence-electron chi connectivity index (χ0n) is 13.2. The SMILES string of the molecule is CCCCCNC(=O)Cc1ccc(N2CCCCC2)cc1. The van der Waals surface area contributed by atoms with Crippen molar-refractivity contribution in [2.75, 3.05) is 24.5 Å². The summed E-state index contributed by atoms with van der Waals surface area (Å²) in [4.78, 5) is 14.3. The summed E-state index contributed by atoms with van der Waals surface area (Å²) in [5.41, 5.74) is 2.39. The number of hydrogen-bond donors (Lipinski definition) is 1. The van der Waals surface area contributed by atoms with E-state index in [9.17, 15) is 4.79 Å². The Hall–Kier alpha value is -1.51. The van der Waals surface area contributed by atoms with Gasteiger partial charge in [0.25, 0.3) is 0 Å². The van der Waals surface area contributed by atoms with Gasteiger partial charge in [0.2, 0.25) is 5.91 Å². The molecule has 0 radical (unpaired) electrons. The lowest BCUT2D eigenvalue weighted by atomic mass is 10.1. The molecule has 1 aromatic rings. The number of amides is 1. The highest BCUT2D eigenvalue weighted by Gasteiger charge is 2.11. The van der Waals surface area contributed by atoms with E-state index in [1.54, 1.807) is 0 Å². The highest BCUT2D eigenvalue weighted by Crippen LogP contribution is 2.20. The molecule has 0 atom stereocenters. The molecular formula is C18H28N2O. The molecule has 0 unspecified atom stereocenters. The fourth-order valence-electron chi connectivity index (χ4n) is 2.83. The lowest BCUT2D eigenvalue weighted by Crippen LogP contribution is -2.29. The Balaban J connectivity index is 1.77. The Morgan fingerprint density at radius 3 is 2.48 bits per heavy atom. The molecule has 0 aliphatic carbocycles. The number of benzene rings is 1. The van der Waals surface area contributed by atoms with Crippen molar-refractivity contribution in [3.8, 4) is 0 Å². The number of anilines is 1. The molecule has 0 spiro atoms. The molecule has 3 heteroatoms. The van der Waals surface area contributed by atoms with Crippen LogP contribution in [-0.2, 0) is 11.2 Å². The van der Waals surface area contributed by atoms with Crippen LogP contribution in [0, 0.1) is 0 Å². The van der Waals surface area contributed by atoms with Gasteiger partial charge in [0.1, 0.15) is 0 Å². The lowest BCUT2D eigenvalue weighted by molar-refractivity contribution is -0.120.